The zero-order valence-corrected chi connectivity index (χ0v) is 12.3. The molecule has 0 spiro atoms. The molecule has 0 amide bonds. The number of pyridine rings is 1. The Kier molecular flexibility index (Phi) is 5.10. The van der Waals surface area contributed by atoms with E-state index in [1.807, 2.05) is 6.92 Å². The molecule has 0 aromatic carbocycles. The van der Waals surface area contributed by atoms with Crippen molar-refractivity contribution >= 4 is 34.8 Å². The number of rotatable bonds is 4. The van der Waals surface area contributed by atoms with Crippen molar-refractivity contribution in [3.05, 3.63) is 16.1 Å². The first-order valence-electron chi connectivity index (χ1n) is 6.35. The Morgan fingerprint density at radius 3 is 2.68 bits per heavy atom. The molecule has 0 atom stereocenters. The molecular formula is C12H18Cl2N4O. The van der Waals surface area contributed by atoms with Crippen LogP contribution in [0.25, 0.3) is 0 Å². The van der Waals surface area contributed by atoms with Crippen LogP contribution in [-0.2, 0) is 4.74 Å². The third kappa shape index (κ3) is 3.42. The average molecular weight is 305 g/mol. The monoisotopic (exact) mass is 304 g/mol. The van der Waals surface area contributed by atoms with Crippen molar-refractivity contribution < 1.29 is 4.74 Å². The number of anilines is 2. The van der Waals surface area contributed by atoms with Crippen LogP contribution >= 0.6 is 23.2 Å². The Hall–Kier alpha value is -0.750. The second kappa shape index (κ2) is 6.61. The van der Waals surface area contributed by atoms with Crippen LogP contribution in [0.5, 0.6) is 0 Å². The van der Waals surface area contributed by atoms with Crippen LogP contribution in [0.2, 0.25) is 10.0 Å². The summed E-state index contributed by atoms with van der Waals surface area (Å²) in [6.07, 6.45) is 2.28. The van der Waals surface area contributed by atoms with Crippen molar-refractivity contribution in [1.29, 1.82) is 0 Å². The minimum absolute atomic E-state index is 0.333. The first-order chi connectivity index (χ1) is 9.15. The van der Waals surface area contributed by atoms with Crippen molar-refractivity contribution in [3.63, 3.8) is 0 Å². The topological polar surface area (TPSA) is 63.4 Å². The summed E-state index contributed by atoms with van der Waals surface area (Å²) < 4.78 is 5.63. The van der Waals surface area contributed by atoms with Gasteiger partial charge in [-0.15, -0.1) is 0 Å². The third-order valence-corrected chi connectivity index (χ3v) is 3.76. The molecule has 5 nitrogen and oxygen atoms in total. The molecule has 7 heteroatoms. The number of piperidine rings is 1. The van der Waals surface area contributed by atoms with E-state index < -0.39 is 0 Å². The van der Waals surface area contributed by atoms with E-state index in [2.05, 4.69) is 15.3 Å². The minimum atomic E-state index is 0.333. The van der Waals surface area contributed by atoms with E-state index in [0.717, 1.165) is 32.5 Å². The van der Waals surface area contributed by atoms with Gasteiger partial charge < -0.3 is 15.1 Å². The highest BCUT2D eigenvalue weighted by atomic mass is 35.5. The molecule has 0 radical (unpaired) electrons. The lowest BCUT2D eigenvalue weighted by molar-refractivity contribution is 0.0458. The number of nitrogen functional groups attached to an aromatic ring is 1. The summed E-state index contributed by atoms with van der Waals surface area (Å²) in [7, 11) is 0. The summed E-state index contributed by atoms with van der Waals surface area (Å²) in [5.74, 6) is 6.54. The Bertz CT molecular complexity index is 436. The fourth-order valence-electron chi connectivity index (χ4n) is 2.25. The van der Waals surface area contributed by atoms with Crippen molar-refractivity contribution in [2.75, 3.05) is 30.0 Å². The van der Waals surface area contributed by atoms with Gasteiger partial charge in [-0.25, -0.2) is 10.8 Å². The first-order valence-corrected chi connectivity index (χ1v) is 7.10. The first kappa shape index (κ1) is 14.7. The zero-order valence-electron chi connectivity index (χ0n) is 10.8. The number of hydrogen-bond donors (Lipinski definition) is 2. The van der Waals surface area contributed by atoms with Crippen LogP contribution in [0.15, 0.2) is 6.07 Å². The van der Waals surface area contributed by atoms with E-state index in [0.29, 0.717) is 27.8 Å². The van der Waals surface area contributed by atoms with Crippen LogP contribution < -0.4 is 16.2 Å². The molecule has 2 rings (SSSR count). The van der Waals surface area contributed by atoms with Gasteiger partial charge in [0.25, 0.3) is 0 Å². The summed E-state index contributed by atoms with van der Waals surface area (Å²) >= 11 is 12.2. The maximum atomic E-state index is 6.20. The number of hydrazine groups is 1. The van der Waals surface area contributed by atoms with E-state index >= 15 is 0 Å². The number of nitrogens with zero attached hydrogens (tertiary/aromatic N) is 2. The maximum absolute atomic E-state index is 6.20. The van der Waals surface area contributed by atoms with E-state index in [-0.39, 0.29) is 0 Å². The van der Waals surface area contributed by atoms with Crippen LogP contribution in [0, 0.1) is 0 Å². The molecule has 1 aliphatic rings. The second-order valence-electron chi connectivity index (χ2n) is 4.41. The Balaban J connectivity index is 2.11. The molecule has 1 saturated heterocycles. The van der Waals surface area contributed by atoms with Crippen LogP contribution in [0.4, 0.5) is 11.6 Å². The number of ether oxygens (including phenoxy) is 1. The Morgan fingerprint density at radius 1 is 1.42 bits per heavy atom. The van der Waals surface area contributed by atoms with Gasteiger partial charge in [0.2, 0.25) is 0 Å². The van der Waals surface area contributed by atoms with Crippen LogP contribution in [0.3, 0.4) is 0 Å². The molecule has 1 aromatic rings. The lowest BCUT2D eigenvalue weighted by atomic mass is 10.1. The summed E-state index contributed by atoms with van der Waals surface area (Å²) in [6, 6.07) is 1.66. The van der Waals surface area contributed by atoms with Gasteiger partial charge in [0.05, 0.1) is 16.1 Å². The fraction of sp³-hybridized carbons (Fsp3) is 0.583. The van der Waals surface area contributed by atoms with Gasteiger partial charge in [0, 0.05) is 19.7 Å². The highest BCUT2D eigenvalue weighted by Gasteiger charge is 2.22. The normalized spacial score (nSPS) is 16.7. The molecule has 1 fully saturated rings. The third-order valence-electron chi connectivity index (χ3n) is 3.19. The van der Waals surface area contributed by atoms with Gasteiger partial charge in [-0.05, 0) is 25.8 Å². The summed E-state index contributed by atoms with van der Waals surface area (Å²) in [5.41, 5.74) is 2.48. The molecule has 0 unspecified atom stereocenters. The quantitative estimate of drug-likeness (QED) is 0.661. The van der Waals surface area contributed by atoms with Crippen molar-refractivity contribution in [2.24, 2.45) is 5.84 Å². The number of halogens is 2. The molecule has 1 aromatic heterocycles. The largest absolute Gasteiger partial charge is 0.378 e. The molecule has 19 heavy (non-hydrogen) atoms. The molecule has 0 saturated carbocycles. The van der Waals surface area contributed by atoms with Gasteiger partial charge in [0.1, 0.15) is 5.82 Å². The maximum Gasteiger partial charge on any atom is 0.161 e. The van der Waals surface area contributed by atoms with Gasteiger partial charge in [-0.1, -0.05) is 23.2 Å². The van der Waals surface area contributed by atoms with Gasteiger partial charge >= 0.3 is 0 Å². The van der Waals surface area contributed by atoms with Crippen molar-refractivity contribution in [2.45, 2.75) is 25.9 Å². The van der Waals surface area contributed by atoms with E-state index in [9.17, 15) is 0 Å². The molecule has 2 heterocycles. The summed E-state index contributed by atoms with van der Waals surface area (Å²) in [5, 5.41) is 0.958. The average Bonchev–Trinajstić information content (AvgIpc) is 2.41. The van der Waals surface area contributed by atoms with Crippen LogP contribution in [0.1, 0.15) is 19.8 Å². The number of nitrogens with one attached hydrogen (secondary N) is 1. The molecule has 106 valence electrons. The lowest BCUT2D eigenvalue weighted by Gasteiger charge is -2.33. The summed E-state index contributed by atoms with van der Waals surface area (Å²) in [4.78, 5) is 6.50. The smallest absolute Gasteiger partial charge is 0.161 e. The van der Waals surface area contributed by atoms with Crippen molar-refractivity contribution in [1.82, 2.24) is 4.98 Å². The molecule has 3 N–H and O–H groups in total. The minimum Gasteiger partial charge on any atom is -0.378 e. The number of hydrogen-bond acceptors (Lipinski definition) is 5. The van der Waals surface area contributed by atoms with Gasteiger partial charge in [0.15, 0.2) is 5.82 Å². The van der Waals surface area contributed by atoms with E-state index in [4.69, 9.17) is 33.8 Å². The Morgan fingerprint density at radius 2 is 2.11 bits per heavy atom. The second-order valence-corrected chi connectivity index (χ2v) is 5.22. The zero-order chi connectivity index (χ0) is 13.8. The van der Waals surface area contributed by atoms with Crippen LogP contribution in [-0.4, -0.2) is 30.8 Å². The number of nitrogens with two attached hydrogens (primary N) is 1. The summed E-state index contributed by atoms with van der Waals surface area (Å²) in [6.45, 7) is 4.50. The van der Waals surface area contributed by atoms with Gasteiger partial charge in [-0.3, -0.25) is 0 Å². The predicted molar refractivity (Wildman–Crippen MR) is 78.9 cm³/mol. The molecule has 0 aliphatic carbocycles. The van der Waals surface area contributed by atoms with Crippen molar-refractivity contribution in [3.8, 4) is 0 Å². The predicted octanol–water partition coefficient (Wildman–Crippen LogP) is 2.68. The molecule has 0 bridgehead atoms. The molecular weight excluding hydrogens is 287 g/mol. The lowest BCUT2D eigenvalue weighted by Crippen LogP contribution is -2.37. The highest BCUT2D eigenvalue weighted by Crippen LogP contribution is 2.32. The SMILES string of the molecule is CCOC1CCN(c2nc(NN)c(Cl)cc2Cl)CC1. The number of aromatic nitrogens is 1. The highest BCUT2D eigenvalue weighted by molar-refractivity contribution is 6.37. The van der Waals surface area contributed by atoms with Gasteiger partial charge in [-0.2, -0.15) is 0 Å². The standard InChI is InChI=1S/C12H18Cl2N4O/c1-2-19-8-3-5-18(6-4-8)12-10(14)7-9(13)11(16-12)17-15/h7-8H,2-6,15H2,1H3,(H,16,17). The Labute approximate surface area is 123 Å². The van der Waals surface area contributed by atoms with E-state index in [1.54, 1.807) is 6.07 Å². The molecule has 1 aliphatic heterocycles. The van der Waals surface area contributed by atoms with E-state index in [1.165, 1.54) is 0 Å². The fourth-order valence-corrected chi connectivity index (χ4v) is 2.78.